The third-order valence-corrected chi connectivity index (χ3v) is 5.44. The first-order valence-electron chi connectivity index (χ1n) is 9.49. The Morgan fingerprint density at radius 1 is 1.15 bits per heavy atom. The molecule has 1 aromatic carbocycles. The molecular weight excluding hydrogens is 327 g/mol. The number of fused-ring (bicyclic) bond motifs is 1. The number of pyridine rings is 1. The van der Waals surface area contributed by atoms with E-state index in [2.05, 4.69) is 32.4 Å². The lowest BCUT2D eigenvalue weighted by molar-refractivity contribution is 0.172. The van der Waals surface area contributed by atoms with Crippen LogP contribution in [0.4, 0.5) is 4.39 Å². The molecule has 3 aromatic rings. The third kappa shape index (κ3) is 3.49. The molecule has 0 atom stereocenters. The van der Waals surface area contributed by atoms with Crippen LogP contribution in [0, 0.1) is 11.7 Å². The van der Waals surface area contributed by atoms with Crippen molar-refractivity contribution in [2.45, 2.75) is 39.3 Å². The molecule has 136 valence electrons. The summed E-state index contributed by atoms with van der Waals surface area (Å²) in [7, 11) is 0. The van der Waals surface area contributed by atoms with Gasteiger partial charge in [0.2, 0.25) is 0 Å². The first kappa shape index (κ1) is 17.2. The van der Waals surface area contributed by atoms with Crippen molar-refractivity contribution in [2.75, 3.05) is 13.1 Å². The Balaban J connectivity index is 1.41. The van der Waals surface area contributed by atoms with Crippen molar-refractivity contribution in [1.29, 1.82) is 0 Å². The maximum absolute atomic E-state index is 14.1. The van der Waals surface area contributed by atoms with Crippen LogP contribution in [0.15, 0.2) is 42.7 Å². The Labute approximate surface area is 153 Å². The fourth-order valence-corrected chi connectivity index (χ4v) is 4.04. The second kappa shape index (κ2) is 7.54. The summed E-state index contributed by atoms with van der Waals surface area (Å²) in [6, 6.07) is 9.39. The number of piperidine rings is 1. The average molecular weight is 352 g/mol. The molecule has 4 rings (SSSR count). The van der Waals surface area contributed by atoms with Gasteiger partial charge in [-0.15, -0.1) is 0 Å². The van der Waals surface area contributed by atoms with E-state index in [4.69, 9.17) is 0 Å². The predicted molar refractivity (Wildman–Crippen MR) is 101 cm³/mol. The quantitative estimate of drug-likeness (QED) is 0.695. The molecule has 0 unspecified atom stereocenters. The number of imidazole rings is 1. The van der Waals surface area contributed by atoms with Crippen molar-refractivity contribution in [1.82, 2.24) is 19.4 Å². The van der Waals surface area contributed by atoms with E-state index >= 15 is 0 Å². The molecule has 0 radical (unpaired) electrons. The Morgan fingerprint density at radius 3 is 2.73 bits per heavy atom. The van der Waals surface area contributed by atoms with E-state index in [0.717, 1.165) is 49.9 Å². The topological polar surface area (TPSA) is 34.0 Å². The van der Waals surface area contributed by atoms with Gasteiger partial charge in [-0.05, 0) is 69.0 Å². The minimum absolute atomic E-state index is 0.230. The second-order valence-corrected chi connectivity index (χ2v) is 7.16. The predicted octanol–water partition coefficient (Wildman–Crippen LogP) is 4.05. The van der Waals surface area contributed by atoms with E-state index < -0.39 is 0 Å². The summed E-state index contributed by atoms with van der Waals surface area (Å²) in [5.74, 6) is 1.46. The van der Waals surface area contributed by atoms with E-state index in [0.29, 0.717) is 5.52 Å². The largest absolute Gasteiger partial charge is 0.327 e. The Morgan fingerprint density at radius 2 is 2.00 bits per heavy atom. The number of hydrogen-bond donors (Lipinski definition) is 0. The Hall–Kier alpha value is -2.27. The molecular formula is C21H25FN4. The van der Waals surface area contributed by atoms with E-state index in [1.165, 1.54) is 24.5 Å². The molecule has 0 saturated carbocycles. The van der Waals surface area contributed by atoms with Crippen LogP contribution in [-0.2, 0) is 19.5 Å². The van der Waals surface area contributed by atoms with Crippen molar-refractivity contribution in [3.8, 4) is 0 Å². The molecule has 0 bridgehead atoms. The zero-order valence-corrected chi connectivity index (χ0v) is 15.2. The smallest absolute Gasteiger partial charge is 0.151 e. The molecule has 0 N–H and O–H groups in total. The normalized spacial score (nSPS) is 16.4. The standard InChI is InChI=1S/C21H25FN4/c1-2-26-19-7-3-6-18(22)21(19)24-20(26)15-25-11-8-16(9-12-25)13-17-5-4-10-23-14-17/h3-7,10,14,16H,2,8-9,11-13,15H2,1H3. The number of aromatic nitrogens is 3. The van der Waals surface area contributed by atoms with Crippen molar-refractivity contribution in [3.05, 3.63) is 59.9 Å². The summed E-state index contributed by atoms with van der Waals surface area (Å²) in [4.78, 5) is 11.3. The molecule has 26 heavy (non-hydrogen) atoms. The van der Waals surface area contributed by atoms with Crippen molar-refractivity contribution in [3.63, 3.8) is 0 Å². The van der Waals surface area contributed by atoms with Crippen LogP contribution in [0.1, 0.15) is 31.2 Å². The highest BCUT2D eigenvalue weighted by atomic mass is 19.1. The number of likely N-dealkylation sites (tertiary alicyclic amines) is 1. The fraction of sp³-hybridized carbons (Fsp3) is 0.429. The minimum atomic E-state index is -0.230. The van der Waals surface area contributed by atoms with Gasteiger partial charge in [-0.1, -0.05) is 12.1 Å². The average Bonchev–Trinajstić information content (AvgIpc) is 3.03. The lowest BCUT2D eigenvalue weighted by Crippen LogP contribution is -2.34. The van der Waals surface area contributed by atoms with Crippen LogP contribution in [0.5, 0.6) is 0 Å². The van der Waals surface area contributed by atoms with Gasteiger partial charge < -0.3 is 4.57 Å². The molecule has 3 heterocycles. The number of halogens is 1. The number of para-hydroxylation sites is 1. The second-order valence-electron chi connectivity index (χ2n) is 7.16. The lowest BCUT2D eigenvalue weighted by Gasteiger charge is -2.31. The van der Waals surface area contributed by atoms with Gasteiger partial charge in [-0.25, -0.2) is 9.37 Å². The molecule has 2 aromatic heterocycles. The van der Waals surface area contributed by atoms with Gasteiger partial charge in [0, 0.05) is 18.9 Å². The number of nitrogens with zero attached hydrogens (tertiary/aromatic N) is 4. The Kier molecular flexibility index (Phi) is 4.98. The maximum Gasteiger partial charge on any atom is 0.151 e. The highest BCUT2D eigenvalue weighted by Crippen LogP contribution is 2.24. The van der Waals surface area contributed by atoms with Gasteiger partial charge in [0.05, 0.1) is 12.1 Å². The number of benzene rings is 1. The maximum atomic E-state index is 14.1. The molecule has 1 saturated heterocycles. The van der Waals surface area contributed by atoms with E-state index in [9.17, 15) is 4.39 Å². The summed E-state index contributed by atoms with van der Waals surface area (Å²) in [6.07, 6.45) is 7.30. The highest BCUT2D eigenvalue weighted by Gasteiger charge is 2.22. The van der Waals surface area contributed by atoms with Gasteiger partial charge in [-0.2, -0.15) is 0 Å². The summed E-state index contributed by atoms with van der Waals surface area (Å²) in [5.41, 5.74) is 2.72. The molecule has 4 nitrogen and oxygen atoms in total. The van der Waals surface area contributed by atoms with Crippen LogP contribution in [0.2, 0.25) is 0 Å². The van der Waals surface area contributed by atoms with E-state index in [-0.39, 0.29) is 5.82 Å². The summed E-state index contributed by atoms with van der Waals surface area (Å²) in [5, 5.41) is 0. The van der Waals surface area contributed by atoms with Gasteiger partial charge >= 0.3 is 0 Å². The van der Waals surface area contributed by atoms with E-state index in [1.807, 2.05) is 24.5 Å². The number of rotatable bonds is 5. The van der Waals surface area contributed by atoms with Crippen LogP contribution in [-0.4, -0.2) is 32.5 Å². The van der Waals surface area contributed by atoms with Crippen LogP contribution in [0.25, 0.3) is 11.0 Å². The monoisotopic (exact) mass is 352 g/mol. The number of hydrogen-bond acceptors (Lipinski definition) is 3. The molecule has 1 fully saturated rings. The molecule has 0 spiro atoms. The first-order valence-corrected chi connectivity index (χ1v) is 9.49. The van der Waals surface area contributed by atoms with Crippen molar-refractivity contribution >= 4 is 11.0 Å². The zero-order valence-electron chi connectivity index (χ0n) is 15.2. The fourth-order valence-electron chi connectivity index (χ4n) is 4.04. The van der Waals surface area contributed by atoms with Gasteiger partial charge in [-0.3, -0.25) is 9.88 Å². The minimum Gasteiger partial charge on any atom is -0.327 e. The van der Waals surface area contributed by atoms with Gasteiger partial charge in [0.1, 0.15) is 11.3 Å². The van der Waals surface area contributed by atoms with Gasteiger partial charge in [0.15, 0.2) is 5.82 Å². The molecule has 5 heteroatoms. The van der Waals surface area contributed by atoms with Gasteiger partial charge in [0.25, 0.3) is 0 Å². The summed E-state index contributed by atoms with van der Waals surface area (Å²) in [6.45, 7) is 5.84. The first-order chi connectivity index (χ1) is 12.7. The van der Waals surface area contributed by atoms with Crippen molar-refractivity contribution in [2.24, 2.45) is 5.92 Å². The Bertz CT molecular complexity index is 866. The molecule has 1 aliphatic rings. The SMILES string of the molecule is CCn1c(CN2CCC(Cc3cccnc3)CC2)nc2c(F)cccc21. The molecule has 0 amide bonds. The van der Waals surface area contributed by atoms with Crippen LogP contribution in [0.3, 0.4) is 0 Å². The van der Waals surface area contributed by atoms with Crippen LogP contribution < -0.4 is 0 Å². The highest BCUT2D eigenvalue weighted by molar-refractivity contribution is 5.76. The van der Waals surface area contributed by atoms with Crippen molar-refractivity contribution < 1.29 is 4.39 Å². The summed E-state index contributed by atoms with van der Waals surface area (Å²) < 4.78 is 16.2. The molecule has 1 aliphatic heterocycles. The zero-order chi connectivity index (χ0) is 17.9. The summed E-state index contributed by atoms with van der Waals surface area (Å²) >= 11 is 0. The van der Waals surface area contributed by atoms with E-state index in [1.54, 1.807) is 6.07 Å². The molecule has 0 aliphatic carbocycles. The third-order valence-electron chi connectivity index (χ3n) is 5.44. The number of aryl methyl sites for hydroxylation is 1. The van der Waals surface area contributed by atoms with Crippen LogP contribution >= 0.6 is 0 Å². The lowest BCUT2D eigenvalue weighted by atomic mass is 9.91.